The Hall–Kier alpha value is -1.83. The molecule has 0 aromatic heterocycles. The van der Waals surface area contributed by atoms with Crippen LogP contribution in [0.5, 0.6) is 0 Å². The number of nitrogens with zero attached hydrogens (tertiary/aromatic N) is 3. The van der Waals surface area contributed by atoms with E-state index >= 15 is 0 Å². The molecule has 1 heterocycles. The average Bonchev–Trinajstić information content (AvgIpc) is 2.52. The Bertz CT molecular complexity index is 278. The van der Waals surface area contributed by atoms with Crippen LogP contribution in [0.2, 0.25) is 0 Å². The third-order valence-electron chi connectivity index (χ3n) is 1.38. The summed E-state index contributed by atoms with van der Waals surface area (Å²) in [5, 5.41) is 5.11. The average molecular weight is 179 g/mol. The minimum absolute atomic E-state index is 0.397. The van der Waals surface area contributed by atoms with Gasteiger partial charge in [-0.3, -0.25) is 0 Å². The van der Waals surface area contributed by atoms with Crippen molar-refractivity contribution >= 4 is 12.3 Å². The van der Waals surface area contributed by atoms with Gasteiger partial charge in [-0.1, -0.05) is 6.08 Å². The molecule has 0 atom stereocenters. The molecule has 1 fully saturated rings. The number of ether oxygens (including phenoxy) is 1. The van der Waals surface area contributed by atoms with Crippen LogP contribution in [0.1, 0.15) is 6.42 Å². The summed E-state index contributed by atoms with van der Waals surface area (Å²) in [6, 6.07) is 0. The molecule has 13 heavy (non-hydrogen) atoms. The summed E-state index contributed by atoms with van der Waals surface area (Å²) in [5.74, 6) is 0. The van der Waals surface area contributed by atoms with Crippen LogP contribution < -0.4 is 0 Å². The molecule has 1 rings (SSSR count). The standard InChI is InChI=1S/C8H9N3O2/c1-9-4-2-3-5-10-11-6-7-13-8(11)12/h2,4-5H,3,6-7H2/b4-2+,10-5+. The molecule has 68 valence electrons. The summed E-state index contributed by atoms with van der Waals surface area (Å²) in [5.41, 5.74) is 0. The highest BCUT2D eigenvalue weighted by molar-refractivity contribution is 5.71. The van der Waals surface area contributed by atoms with Crippen LogP contribution in [-0.4, -0.2) is 30.5 Å². The molecule has 1 saturated heterocycles. The normalized spacial score (nSPS) is 16.8. The van der Waals surface area contributed by atoms with Crippen LogP contribution in [0, 0.1) is 6.57 Å². The van der Waals surface area contributed by atoms with E-state index < -0.39 is 6.09 Å². The van der Waals surface area contributed by atoms with Crippen molar-refractivity contribution in [3.8, 4) is 0 Å². The summed E-state index contributed by atoms with van der Waals surface area (Å²) >= 11 is 0. The fourth-order valence-electron chi connectivity index (χ4n) is 0.810. The summed E-state index contributed by atoms with van der Waals surface area (Å²) in [4.78, 5) is 13.8. The zero-order valence-corrected chi connectivity index (χ0v) is 7.01. The van der Waals surface area contributed by atoms with Crippen molar-refractivity contribution in [2.45, 2.75) is 6.42 Å². The molecule has 0 saturated carbocycles. The highest BCUT2D eigenvalue weighted by Crippen LogP contribution is 2.02. The molecule has 1 aliphatic rings. The summed E-state index contributed by atoms with van der Waals surface area (Å²) in [7, 11) is 0. The molecule has 0 aromatic rings. The maximum Gasteiger partial charge on any atom is 0.430 e. The number of hydrogen-bond donors (Lipinski definition) is 0. The number of carbonyl (C=O) groups excluding carboxylic acids is 1. The predicted octanol–water partition coefficient (Wildman–Crippen LogP) is 1.25. The number of allylic oxidation sites excluding steroid dienone is 1. The molecule has 1 aliphatic heterocycles. The molecule has 0 spiro atoms. The third kappa shape index (κ3) is 2.95. The Labute approximate surface area is 76.1 Å². The topological polar surface area (TPSA) is 46.3 Å². The molecule has 1 amide bonds. The Kier molecular flexibility index (Phi) is 3.51. The second-order valence-electron chi connectivity index (χ2n) is 2.29. The van der Waals surface area contributed by atoms with Gasteiger partial charge in [0.25, 0.3) is 0 Å². The van der Waals surface area contributed by atoms with Gasteiger partial charge in [-0.05, 0) is 6.42 Å². The zero-order valence-electron chi connectivity index (χ0n) is 7.01. The Morgan fingerprint density at radius 2 is 2.62 bits per heavy atom. The second kappa shape index (κ2) is 4.93. The molecule has 5 heteroatoms. The Balaban J connectivity index is 2.28. The van der Waals surface area contributed by atoms with Gasteiger partial charge in [-0.25, -0.2) is 9.64 Å². The quantitative estimate of drug-likeness (QED) is 0.483. The van der Waals surface area contributed by atoms with E-state index in [2.05, 4.69) is 14.7 Å². The fraction of sp³-hybridized carbons (Fsp3) is 0.375. The van der Waals surface area contributed by atoms with Crippen molar-refractivity contribution in [1.82, 2.24) is 5.01 Å². The van der Waals surface area contributed by atoms with E-state index in [9.17, 15) is 4.79 Å². The van der Waals surface area contributed by atoms with Crippen LogP contribution in [0.15, 0.2) is 17.4 Å². The minimum Gasteiger partial charge on any atom is -0.446 e. The molecular weight excluding hydrogens is 170 g/mol. The van der Waals surface area contributed by atoms with Crippen LogP contribution in [0.25, 0.3) is 4.85 Å². The minimum atomic E-state index is -0.412. The third-order valence-corrected chi connectivity index (χ3v) is 1.38. The molecule has 0 unspecified atom stereocenters. The maximum absolute atomic E-state index is 10.8. The van der Waals surface area contributed by atoms with Gasteiger partial charge in [0.2, 0.25) is 0 Å². The van der Waals surface area contributed by atoms with E-state index in [1.807, 2.05) is 0 Å². The van der Waals surface area contributed by atoms with Crippen molar-refractivity contribution in [3.05, 3.63) is 23.7 Å². The molecule has 5 nitrogen and oxygen atoms in total. The highest BCUT2D eigenvalue weighted by Gasteiger charge is 2.20. The molecule has 0 aromatic carbocycles. The van der Waals surface area contributed by atoms with Crippen LogP contribution in [-0.2, 0) is 4.74 Å². The Morgan fingerprint density at radius 1 is 1.77 bits per heavy atom. The summed E-state index contributed by atoms with van der Waals surface area (Å²) < 4.78 is 4.65. The molecular formula is C8H9N3O2. The van der Waals surface area contributed by atoms with Gasteiger partial charge in [-0.2, -0.15) is 10.1 Å². The largest absolute Gasteiger partial charge is 0.446 e. The van der Waals surface area contributed by atoms with Crippen LogP contribution in [0.4, 0.5) is 4.79 Å². The van der Waals surface area contributed by atoms with Gasteiger partial charge in [0, 0.05) is 6.21 Å². The van der Waals surface area contributed by atoms with E-state index in [0.717, 1.165) is 0 Å². The van der Waals surface area contributed by atoms with Crippen molar-refractivity contribution < 1.29 is 9.53 Å². The zero-order chi connectivity index (χ0) is 9.52. The van der Waals surface area contributed by atoms with Gasteiger partial charge in [-0.15, -0.1) is 0 Å². The SMILES string of the molecule is [C-]#[N+]/C=C/C/C=N/N1CCOC1=O. The van der Waals surface area contributed by atoms with Gasteiger partial charge in [0.1, 0.15) is 6.61 Å². The molecule has 0 bridgehead atoms. The lowest BCUT2D eigenvalue weighted by molar-refractivity contribution is 0.159. The molecule has 0 N–H and O–H groups in total. The van der Waals surface area contributed by atoms with Crippen molar-refractivity contribution in [2.24, 2.45) is 5.10 Å². The lowest BCUT2D eigenvalue weighted by atomic mass is 10.4. The second-order valence-corrected chi connectivity index (χ2v) is 2.29. The predicted molar refractivity (Wildman–Crippen MR) is 46.9 cm³/mol. The van der Waals surface area contributed by atoms with Crippen molar-refractivity contribution in [3.63, 3.8) is 0 Å². The first kappa shape index (κ1) is 9.26. The highest BCUT2D eigenvalue weighted by atomic mass is 16.6. The van der Waals surface area contributed by atoms with Crippen LogP contribution in [0.3, 0.4) is 0 Å². The van der Waals surface area contributed by atoms with E-state index in [0.29, 0.717) is 19.6 Å². The maximum atomic E-state index is 10.8. The van der Waals surface area contributed by atoms with Gasteiger partial charge in [0.05, 0.1) is 13.1 Å². The fourth-order valence-corrected chi connectivity index (χ4v) is 0.810. The first-order valence-corrected chi connectivity index (χ1v) is 3.83. The summed E-state index contributed by atoms with van der Waals surface area (Å²) in [6.07, 6.45) is 4.72. The number of hydrogen-bond acceptors (Lipinski definition) is 3. The number of carbonyl (C=O) groups is 1. The van der Waals surface area contributed by atoms with E-state index in [1.54, 1.807) is 12.3 Å². The first-order chi connectivity index (χ1) is 6.34. The molecule has 0 aliphatic carbocycles. The lowest BCUT2D eigenvalue weighted by Gasteiger charge is -2.01. The van der Waals surface area contributed by atoms with E-state index in [4.69, 9.17) is 6.57 Å². The van der Waals surface area contributed by atoms with E-state index in [-0.39, 0.29) is 0 Å². The monoisotopic (exact) mass is 179 g/mol. The van der Waals surface area contributed by atoms with Crippen molar-refractivity contribution in [2.75, 3.05) is 13.2 Å². The van der Waals surface area contributed by atoms with Gasteiger partial charge in [0.15, 0.2) is 6.20 Å². The van der Waals surface area contributed by atoms with Crippen LogP contribution >= 0.6 is 0 Å². The van der Waals surface area contributed by atoms with Gasteiger partial charge < -0.3 is 4.74 Å². The molecule has 0 radical (unpaired) electrons. The number of cyclic esters (lactones) is 1. The Morgan fingerprint density at radius 3 is 3.23 bits per heavy atom. The smallest absolute Gasteiger partial charge is 0.430 e. The summed E-state index contributed by atoms with van der Waals surface area (Å²) in [6.45, 7) is 7.34. The number of hydrazone groups is 1. The first-order valence-electron chi connectivity index (χ1n) is 3.83. The lowest BCUT2D eigenvalue weighted by Crippen LogP contribution is -2.17. The van der Waals surface area contributed by atoms with Crippen molar-refractivity contribution in [1.29, 1.82) is 0 Å². The van der Waals surface area contributed by atoms with E-state index in [1.165, 1.54) is 11.2 Å². The number of amides is 1. The number of rotatable bonds is 3. The van der Waals surface area contributed by atoms with Gasteiger partial charge >= 0.3 is 6.09 Å².